The molecule has 0 spiro atoms. The van der Waals surface area contributed by atoms with E-state index in [1.54, 1.807) is 18.3 Å². The summed E-state index contributed by atoms with van der Waals surface area (Å²) in [5, 5.41) is 2.86. The Morgan fingerprint density at radius 3 is 2.77 bits per heavy atom. The Kier molecular flexibility index (Phi) is 5.70. The fraction of sp³-hybridized carbons (Fsp3) is 0.174. The number of hydrogen-bond donors (Lipinski definition) is 1. The average molecular weight is 404 g/mol. The number of nitrogens with zero attached hydrogens (tertiary/aromatic N) is 3. The molecule has 1 N–H and O–H groups in total. The summed E-state index contributed by atoms with van der Waals surface area (Å²) in [5.74, 6) is 0.820. The first kappa shape index (κ1) is 19.6. The molecule has 2 heterocycles. The molecule has 0 fully saturated rings. The van der Waals surface area contributed by atoms with Crippen LogP contribution in [0.2, 0.25) is 0 Å². The summed E-state index contributed by atoms with van der Waals surface area (Å²) in [6.45, 7) is 2.76. The van der Waals surface area contributed by atoms with Gasteiger partial charge in [0.2, 0.25) is 0 Å². The predicted molar refractivity (Wildman–Crippen MR) is 113 cm³/mol. The largest absolute Gasteiger partial charge is 0.484 e. The molecule has 2 aromatic heterocycles. The van der Waals surface area contributed by atoms with E-state index in [0.29, 0.717) is 30.3 Å². The lowest BCUT2D eigenvalue weighted by Crippen LogP contribution is -2.31. The Labute approximate surface area is 173 Å². The minimum absolute atomic E-state index is 0.0583. The van der Waals surface area contributed by atoms with Crippen molar-refractivity contribution in [2.24, 2.45) is 0 Å². The molecule has 1 amide bonds. The number of ether oxygens (including phenoxy) is 1. The molecule has 0 saturated carbocycles. The normalized spacial score (nSPS) is 10.9. The van der Waals surface area contributed by atoms with Crippen molar-refractivity contribution in [2.75, 3.05) is 13.2 Å². The summed E-state index contributed by atoms with van der Waals surface area (Å²) in [5.41, 5.74) is 3.30. The lowest BCUT2D eigenvalue weighted by molar-refractivity contribution is -0.123. The van der Waals surface area contributed by atoms with E-state index < -0.39 is 0 Å². The quantitative estimate of drug-likeness (QED) is 0.510. The monoisotopic (exact) mass is 404 g/mol. The maximum atomic E-state index is 13.3. The fourth-order valence-corrected chi connectivity index (χ4v) is 3.20. The molecule has 0 aliphatic heterocycles. The second-order valence-electron chi connectivity index (χ2n) is 6.90. The minimum atomic E-state index is -0.305. The molecule has 6 nitrogen and oxygen atoms in total. The van der Waals surface area contributed by atoms with Gasteiger partial charge in [0.05, 0.1) is 0 Å². The third-order valence-electron chi connectivity index (χ3n) is 4.62. The molecule has 0 unspecified atom stereocenters. The van der Waals surface area contributed by atoms with Crippen molar-refractivity contribution in [1.29, 1.82) is 0 Å². The molecule has 0 aliphatic rings. The van der Waals surface area contributed by atoms with Gasteiger partial charge in [-0.15, -0.1) is 0 Å². The number of aromatic nitrogens is 3. The Morgan fingerprint density at radius 1 is 1.13 bits per heavy atom. The number of fused-ring (bicyclic) bond motifs is 1. The second kappa shape index (κ2) is 8.73. The molecule has 4 rings (SSSR count). The third-order valence-corrected chi connectivity index (χ3v) is 4.62. The zero-order chi connectivity index (χ0) is 20.9. The van der Waals surface area contributed by atoms with Gasteiger partial charge in [0.15, 0.2) is 12.3 Å². The van der Waals surface area contributed by atoms with Crippen LogP contribution in [0.4, 0.5) is 4.39 Å². The van der Waals surface area contributed by atoms with Crippen molar-refractivity contribution in [3.8, 4) is 17.1 Å². The number of aryl methyl sites for hydroxylation is 1. The molecule has 152 valence electrons. The van der Waals surface area contributed by atoms with Gasteiger partial charge in [-0.3, -0.25) is 4.79 Å². The Hall–Kier alpha value is -3.74. The van der Waals surface area contributed by atoms with Gasteiger partial charge in [0.1, 0.15) is 22.9 Å². The summed E-state index contributed by atoms with van der Waals surface area (Å²) < 4.78 is 20.8. The topological polar surface area (TPSA) is 69.0 Å². The molecule has 0 saturated heterocycles. The molecule has 30 heavy (non-hydrogen) atoms. The number of rotatable bonds is 7. The summed E-state index contributed by atoms with van der Waals surface area (Å²) >= 11 is 0. The van der Waals surface area contributed by atoms with Gasteiger partial charge in [-0.1, -0.05) is 12.1 Å². The number of amides is 1. The standard InChI is InChI=1S/C23H21FN4O2/c1-16-4-2-5-19(14-16)30-15-21(29)25-12-13-28-22(17-7-9-18(24)10-8-17)27-20-6-3-11-26-23(20)28/h2-11,14H,12-13,15H2,1H3,(H,25,29). The van der Waals surface area contributed by atoms with E-state index in [1.165, 1.54) is 12.1 Å². The van der Waals surface area contributed by atoms with Crippen LogP contribution >= 0.6 is 0 Å². The van der Waals surface area contributed by atoms with Crippen molar-refractivity contribution in [3.63, 3.8) is 0 Å². The second-order valence-corrected chi connectivity index (χ2v) is 6.90. The SMILES string of the molecule is Cc1cccc(OCC(=O)NCCn2c(-c3ccc(F)cc3)nc3cccnc32)c1. The Balaban J connectivity index is 1.43. The summed E-state index contributed by atoms with van der Waals surface area (Å²) in [6, 6.07) is 17.4. The van der Waals surface area contributed by atoms with E-state index in [9.17, 15) is 9.18 Å². The van der Waals surface area contributed by atoms with Crippen molar-refractivity contribution in [1.82, 2.24) is 19.9 Å². The number of pyridine rings is 1. The van der Waals surface area contributed by atoms with Crippen molar-refractivity contribution < 1.29 is 13.9 Å². The highest BCUT2D eigenvalue weighted by atomic mass is 19.1. The van der Waals surface area contributed by atoms with Gasteiger partial charge in [0, 0.05) is 24.8 Å². The van der Waals surface area contributed by atoms with Gasteiger partial charge < -0.3 is 14.6 Å². The smallest absolute Gasteiger partial charge is 0.258 e. The average Bonchev–Trinajstić information content (AvgIpc) is 3.12. The Bertz CT molecular complexity index is 1170. The van der Waals surface area contributed by atoms with Crippen LogP contribution in [0.15, 0.2) is 66.9 Å². The van der Waals surface area contributed by atoms with Crippen LogP contribution in [-0.4, -0.2) is 33.6 Å². The number of imidazole rings is 1. The van der Waals surface area contributed by atoms with Crippen LogP contribution in [0.25, 0.3) is 22.6 Å². The number of benzene rings is 2. The van der Waals surface area contributed by atoms with Gasteiger partial charge in [-0.2, -0.15) is 0 Å². The number of nitrogens with one attached hydrogen (secondary N) is 1. The van der Waals surface area contributed by atoms with E-state index in [4.69, 9.17) is 4.74 Å². The van der Waals surface area contributed by atoms with E-state index >= 15 is 0 Å². The minimum Gasteiger partial charge on any atom is -0.484 e. The molecular formula is C23H21FN4O2. The van der Waals surface area contributed by atoms with Crippen LogP contribution < -0.4 is 10.1 Å². The van der Waals surface area contributed by atoms with Crippen molar-refractivity contribution >= 4 is 17.1 Å². The van der Waals surface area contributed by atoms with Crippen LogP contribution in [0.1, 0.15) is 5.56 Å². The number of halogens is 1. The zero-order valence-corrected chi connectivity index (χ0v) is 16.5. The van der Waals surface area contributed by atoms with Crippen molar-refractivity contribution in [2.45, 2.75) is 13.5 Å². The summed E-state index contributed by atoms with van der Waals surface area (Å²) in [7, 11) is 0. The van der Waals surface area contributed by atoms with E-state index in [0.717, 1.165) is 16.6 Å². The molecule has 0 bridgehead atoms. The lowest BCUT2D eigenvalue weighted by atomic mass is 10.2. The van der Waals surface area contributed by atoms with E-state index in [1.807, 2.05) is 47.9 Å². The molecule has 4 aromatic rings. The van der Waals surface area contributed by atoms with Gasteiger partial charge >= 0.3 is 0 Å². The van der Waals surface area contributed by atoms with E-state index in [2.05, 4.69) is 15.3 Å². The van der Waals surface area contributed by atoms with Crippen LogP contribution in [0.3, 0.4) is 0 Å². The highest BCUT2D eigenvalue weighted by molar-refractivity contribution is 5.78. The summed E-state index contributed by atoms with van der Waals surface area (Å²) in [4.78, 5) is 21.2. The molecule has 2 aromatic carbocycles. The number of carbonyl (C=O) groups is 1. The Morgan fingerprint density at radius 2 is 1.97 bits per heavy atom. The zero-order valence-electron chi connectivity index (χ0n) is 16.5. The van der Waals surface area contributed by atoms with Gasteiger partial charge in [-0.25, -0.2) is 14.4 Å². The number of carbonyl (C=O) groups excluding carboxylic acids is 1. The molecular weight excluding hydrogens is 383 g/mol. The highest BCUT2D eigenvalue weighted by Gasteiger charge is 2.14. The van der Waals surface area contributed by atoms with Crippen LogP contribution in [0, 0.1) is 12.7 Å². The molecule has 7 heteroatoms. The molecule has 0 aliphatic carbocycles. The third kappa shape index (κ3) is 4.46. The fourth-order valence-electron chi connectivity index (χ4n) is 3.20. The maximum absolute atomic E-state index is 13.3. The molecule has 0 atom stereocenters. The first-order chi connectivity index (χ1) is 14.6. The van der Waals surface area contributed by atoms with Gasteiger partial charge in [0.25, 0.3) is 5.91 Å². The van der Waals surface area contributed by atoms with Crippen LogP contribution in [0.5, 0.6) is 5.75 Å². The first-order valence-corrected chi connectivity index (χ1v) is 9.63. The van der Waals surface area contributed by atoms with E-state index in [-0.39, 0.29) is 18.3 Å². The highest BCUT2D eigenvalue weighted by Crippen LogP contribution is 2.23. The first-order valence-electron chi connectivity index (χ1n) is 9.63. The lowest BCUT2D eigenvalue weighted by Gasteiger charge is -2.11. The van der Waals surface area contributed by atoms with Crippen LogP contribution in [-0.2, 0) is 11.3 Å². The number of hydrogen-bond acceptors (Lipinski definition) is 4. The maximum Gasteiger partial charge on any atom is 0.258 e. The van der Waals surface area contributed by atoms with Crippen molar-refractivity contribution in [3.05, 3.63) is 78.2 Å². The van der Waals surface area contributed by atoms with Gasteiger partial charge in [-0.05, 0) is 61.0 Å². The predicted octanol–water partition coefficient (Wildman–Crippen LogP) is 3.74. The summed E-state index contributed by atoms with van der Waals surface area (Å²) in [6.07, 6.45) is 1.70. The molecule has 0 radical (unpaired) electrons.